The van der Waals surface area contributed by atoms with Crippen LogP contribution in [0.2, 0.25) is 18.1 Å². The third kappa shape index (κ3) is 6.43. The second kappa shape index (κ2) is 8.81. The monoisotopic (exact) mass is 366 g/mol. The van der Waals surface area contributed by atoms with E-state index in [2.05, 4.69) is 44.2 Å². The first-order valence-corrected chi connectivity index (χ1v) is 12.0. The Labute approximate surface area is 153 Å². The molecule has 0 saturated carbocycles. The van der Waals surface area contributed by atoms with Gasteiger partial charge in [0.2, 0.25) is 0 Å². The Balaban J connectivity index is 2.66. The molecule has 1 aromatic rings. The first-order chi connectivity index (χ1) is 11.5. The van der Waals surface area contributed by atoms with Gasteiger partial charge in [0.05, 0.1) is 11.4 Å². The minimum atomic E-state index is -1.69. The maximum absolute atomic E-state index is 11.1. The molecule has 0 atom stereocenters. The number of rotatable bonds is 8. The lowest BCUT2D eigenvalue weighted by molar-refractivity contribution is 0.209. The molecule has 6 heteroatoms. The first-order valence-electron chi connectivity index (χ1n) is 9.07. The Hall–Kier alpha value is -1.40. The molecular formula is C19H34N2O3Si. The summed E-state index contributed by atoms with van der Waals surface area (Å²) in [5.74, 6) is 0.170. The summed E-state index contributed by atoms with van der Waals surface area (Å²) in [7, 11) is -1.69. The third-order valence-electron chi connectivity index (χ3n) is 4.95. The number of anilines is 1. The highest BCUT2D eigenvalue weighted by Gasteiger charge is 2.36. The van der Waals surface area contributed by atoms with Crippen molar-refractivity contribution in [3.63, 3.8) is 0 Å². The fourth-order valence-electron chi connectivity index (χ4n) is 2.38. The fraction of sp³-hybridized carbons (Fsp3) is 0.684. The molecule has 1 heterocycles. The Morgan fingerprint density at radius 3 is 2.48 bits per heavy atom. The third-order valence-corrected chi connectivity index (χ3v) is 9.49. The number of nitrogens with one attached hydrogen (secondary N) is 1. The van der Waals surface area contributed by atoms with Crippen LogP contribution in [-0.4, -0.2) is 31.1 Å². The summed E-state index contributed by atoms with van der Waals surface area (Å²) in [4.78, 5) is 15.5. The van der Waals surface area contributed by atoms with Crippen molar-refractivity contribution in [1.29, 1.82) is 0 Å². The lowest BCUT2D eigenvalue weighted by atomic mass is 10.0. The molecule has 0 aliphatic carbocycles. The highest BCUT2D eigenvalue weighted by molar-refractivity contribution is 6.74. The Kier molecular flexibility index (Phi) is 7.62. The molecule has 0 aliphatic rings. The van der Waals surface area contributed by atoms with Crippen molar-refractivity contribution in [3.8, 4) is 0 Å². The molecule has 142 valence electrons. The summed E-state index contributed by atoms with van der Waals surface area (Å²) < 4.78 is 6.21. The summed E-state index contributed by atoms with van der Waals surface area (Å²) in [6.07, 6.45) is 3.48. The van der Waals surface area contributed by atoms with Crippen LogP contribution in [0.25, 0.3) is 0 Å². The number of carboxylic acid groups (broad SMARTS) is 1. The average molecular weight is 367 g/mol. The number of nitrogens with zero attached hydrogens (tertiary/aromatic N) is 1. The molecule has 0 unspecified atom stereocenters. The molecule has 2 N–H and O–H groups in total. The van der Waals surface area contributed by atoms with Crippen LogP contribution in [0.15, 0.2) is 12.3 Å². The molecule has 1 aromatic heterocycles. The number of carbonyl (C=O) groups is 1. The molecule has 1 rings (SSSR count). The predicted molar refractivity (Wildman–Crippen MR) is 106 cm³/mol. The zero-order valence-electron chi connectivity index (χ0n) is 16.8. The van der Waals surface area contributed by atoms with E-state index in [4.69, 9.17) is 9.53 Å². The standard InChI is InChI=1S/C19H34N2O3Si/c1-14(2)16-17(21-18(22)23)15(11-12-20-16)10-8-9-13-24-25(6,7)19(3,4)5/h11-12,14,21H,8-10,13H2,1-7H3,(H,22,23). The van der Waals surface area contributed by atoms with E-state index in [0.717, 1.165) is 37.1 Å². The van der Waals surface area contributed by atoms with Crippen molar-refractivity contribution in [2.45, 2.75) is 77.9 Å². The highest BCUT2D eigenvalue weighted by atomic mass is 28.4. The van der Waals surface area contributed by atoms with Crippen LogP contribution >= 0.6 is 0 Å². The maximum atomic E-state index is 11.1. The van der Waals surface area contributed by atoms with Crippen molar-refractivity contribution in [1.82, 2.24) is 4.98 Å². The molecule has 0 aromatic carbocycles. The summed E-state index contributed by atoms with van der Waals surface area (Å²) in [6.45, 7) is 16.1. The van der Waals surface area contributed by atoms with Crippen LogP contribution in [0.3, 0.4) is 0 Å². The van der Waals surface area contributed by atoms with Gasteiger partial charge in [-0.25, -0.2) is 4.79 Å². The van der Waals surface area contributed by atoms with Gasteiger partial charge >= 0.3 is 6.09 Å². The van der Waals surface area contributed by atoms with Gasteiger partial charge in [-0.05, 0) is 54.9 Å². The summed E-state index contributed by atoms with van der Waals surface area (Å²) in [5, 5.41) is 11.9. The molecule has 0 fully saturated rings. The van der Waals surface area contributed by atoms with Crippen molar-refractivity contribution < 1.29 is 14.3 Å². The van der Waals surface area contributed by atoms with E-state index in [9.17, 15) is 4.79 Å². The fourth-order valence-corrected chi connectivity index (χ4v) is 3.47. The van der Waals surface area contributed by atoms with Crippen LogP contribution in [-0.2, 0) is 10.8 Å². The molecule has 0 radical (unpaired) electrons. The number of unbranched alkanes of at least 4 members (excludes halogenated alkanes) is 1. The average Bonchev–Trinajstić information content (AvgIpc) is 2.46. The summed E-state index contributed by atoms with van der Waals surface area (Å²) >= 11 is 0. The number of aromatic nitrogens is 1. The first kappa shape index (κ1) is 21.6. The zero-order valence-corrected chi connectivity index (χ0v) is 17.8. The SMILES string of the molecule is CC(C)c1nccc(CCCCO[Si](C)(C)C(C)(C)C)c1NC(=O)O. The molecule has 1 amide bonds. The number of amides is 1. The minimum Gasteiger partial charge on any atom is -0.465 e. The number of pyridine rings is 1. The minimum absolute atomic E-state index is 0.170. The molecular weight excluding hydrogens is 332 g/mol. The lowest BCUT2D eigenvalue weighted by Gasteiger charge is -2.36. The normalized spacial score (nSPS) is 12.5. The van der Waals surface area contributed by atoms with Crippen LogP contribution in [0.5, 0.6) is 0 Å². The molecule has 5 nitrogen and oxygen atoms in total. The van der Waals surface area contributed by atoms with Gasteiger partial charge in [-0.2, -0.15) is 0 Å². The summed E-state index contributed by atoms with van der Waals surface area (Å²) in [5.41, 5.74) is 2.46. The van der Waals surface area contributed by atoms with Gasteiger partial charge in [-0.1, -0.05) is 34.6 Å². The van der Waals surface area contributed by atoms with E-state index in [1.807, 2.05) is 19.9 Å². The Bertz CT molecular complexity index is 581. The second-order valence-electron chi connectivity index (χ2n) is 8.38. The van der Waals surface area contributed by atoms with E-state index >= 15 is 0 Å². The smallest absolute Gasteiger partial charge is 0.409 e. The van der Waals surface area contributed by atoms with Gasteiger partial charge in [0.25, 0.3) is 0 Å². The van der Waals surface area contributed by atoms with E-state index in [1.54, 1.807) is 6.20 Å². The van der Waals surface area contributed by atoms with E-state index in [0.29, 0.717) is 5.69 Å². The second-order valence-corrected chi connectivity index (χ2v) is 13.2. The van der Waals surface area contributed by atoms with E-state index in [1.165, 1.54) is 0 Å². The van der Waals surface area contributed by atoms with Gasteiger partial charge in [-0.3, -0.25) is 10.3 Å². The lowest BCUT2D eigenvalue weighted by Crippen LogP contribution is -2.40. The Morgan fingerprint density at radius 1 is 1.32 bits per heavy atom. The van der Waals surface area contributed by atoms with Crippen molar-refractivity contribution in [2.75, 3.05) is 11.9 Å². The topological polar surface area (TPSA) is 71.5 Å². The van der Waals surface area contributed by atoms with Gasteiger partial charge < -0.3 is 9.53 Å². The van der Waals surface area contributed by atoms with Crippen LogP contribution in [0.1, 0.15) is 64.6 Å². The van der Waals surface area contributed by atoms with Gasteiger partial charge in [0.15, 0.2) is 8.32 Å². The van der Waals surface area contributed by atoms with Crippen molar-refractivity contribution >= 4 is 20.1 Å². The zero-order chi connectivity index (χ0) is 19.3. The van der Waals surface area contributed by atoms with Crippen molar-refractivity contribution in [2.24, 2.45) is 0 Å². The Morgan fingerprint density at radius 2 is 1.96 bits per heavy atom. The molecule has 0 bridgehead atoms. The van der Waals surface area contributed by atoms with Crippen LogP contribution in [0, 0.1) is 0 Å². The van der Waals surface area contributed by atoms with Crippen LogP contribution in [0.4, 0.5) is 10.5 Å². The molecule has 0 aliphatic heterocycles. The van der Waals surface area contributed by atoms with Gasteiger partial charge in [0.1, 0.15) is 0 Å². The number of aryl methyl sites for hydroxylation is 1. The largest absolute Gasteiger partial charge is 0.465 e. The van der Waals surface area contributed by atoms with Crippen LogP contribution < -0.4 is 5.32 Å². The number of hydrogen-bond donors (Lipinski definition) is 2. The van der Waals surface area contributed by atoms with Crippen molar-refractivity contribution in [3.05, 3.63) is 23.5 Å². The number of hydrogen-bond acceptors (Lipinski definition) is 3. The van der Waals surface area contributed by atoms with E-state index in [-0.39, 0.29) is 11.0 Å². The molecule has 25 heavy (non-hydrogen) atoms. The van der Waals surface area contributed by atoms with Gasteiger partial charge in [0, 0.05) is 12.8 Å². The predicted octanol–water partition coefficient (Wildman–Crippen LogP) is 5.64. The highest BCUT2D eigenvalue weighted by Crippen LogP contribution is 2.36. The maximum Gasteiger partial charge on any atom is 0.409 e. The quantitative estimate of drug-likeness (QED) is 0.461. The summed E-state index contributed by atoms with van der Waals surface area (Å²) in [6, 6.07) is 1.91. The molecule has 0 saturated heterocycles. The van der Waals surface area contributed by atoms with Gasteiger partial charge in [-0.15, -0.1) is 0 Å². The van der Waals surface area contributed by atoms with E-state index < -0.39 is 14.4 Å². The molecule has 0 spiro atoms.